The predicted octanol–water partition coefficient (Wildman–Crippen LogP) is 2.21. The Morgan fingerprint density at radius 2 is 2.16 bits per heavy atom. The number of ether oxygens (including phenoxy) is 1. The van der Waals surface area contributed by atoms with Crippen molar-refractivity contribution >= 4 is 5.91 Å². The molecule has 0 aliphatic carbocycles. The quantitative estimate of drug-likeness (QED) is 0.883. The van der Waals surface area contributed by atoms with Gasteiger partial charge in [-0.15, -0.1) is 0 Å². The molecule has 0 aliphatic rings. The Morgan fingerprint density at radius 3 is 2.68 bits per heavy atom. The third kappa shape index (κ3) is 3.99. The van der Waals surface area contributed by atoms with E-state index in [0.29, 0.717) is 6.54 Å². The highest BCUT2D eigenvalue weighted by atomic mass is 16.5. The monoisotopic (exact) mass is 260 g/mol. The Balaban J connectivity index is 2.53. The van der Waals surface area contributed by atoms with E-state index in [1.165, 1.54) is 0 Å². The summed E-state index contributed by atoms with van der Waals surface area (Å²) in [4.78, 5) is 11.7. The highest BCUT2D eigenvalue weighted by Crippen LogP contribution is 2.18. The van der Waals surface area contributed by atoms with Gasteiger partial charge in [0.05, 0.1) is 13.2 Å². The molecule has 0 aliphatic heterocycles. The summed E-state index contributed by atoms with van der Waals surface area (Å²) in [6, 6.07) is 7.93. The van der Waals surface area contributed by atoms with Crippen LogP contribution in [0.2, 0.25) is 0 Å². The van der Waals surface area contributed by atoms with E-state index in [4.69, 9.17) is 10.00 Å². The SMILES string of the molecule is COc1ccc(CCNC(=O)C(C)(C)C#N)cc1C. The van der Waals surface area contributed by atoms with E-state index < -0.39 is 5.41 Å². The lowest BCUT2D eigenvalue weighted by Crippen LogP contribution is -2.36. The van der Waals surface area contributed by atoms with Crippen LogP contribution in [0.15, 0.2) is 18.2 Å². The van der Waals surface area contributed by atoms with Crippen molar-refractivity contribution in [3.8, 4) is 11.8 Å². The van der Waals surface area contributed by atoms with E-state index in [1.807, 2.05) is 31.2 Å². The molecule has 0 heterocycles. The Morgan fingerprint density at radius 1 is 1.47 bits per heavy atom. The van der Waals surface area contributed by atoms with Gasteiger partial charge in [0, 0.05) is 6.54 Å². The first-order valence-electron chi connectivity index (χ1n) is 6.24. The number of aryl methyl sites for hydroxylation is 1. The molecule has 0 saturated carbocycles. The summed E-state index contributed by atoms with van der Waals surface area (Å²) in [6.07, 6.45) is 0.734. The van der Waals surface area contributed by atoms with Gasteiger partial charge < -0.3 is 10.1 Å². The van der Waals surface area contributed by atoms with Gasteiger partial charge in [-0.3, -0.25) is 4.79 Å². The van der Waals surface area contributed by atoms with E-state index in [2.05, 4.69) is 5.32 Å². The fourth-order valence-corrected chi connectivity index (χ4v) is 1.69. The second-order valence-corrected chi connectivity index (χ2v) is 5.05. The lowest BCUT2D eigenvalue weighted by molar-refractivity contribution is -0.126. The highest BCUT2D eigenvalue weighted by Gasteiger charge is 2.26. The maximum Gasteiger partial charge on any atom is 0.239 e. The summed E-state index contributed by atoms with van der Waals surface area (Å²) >= 11 is 0. The highest BCUT2D eigenvalue weighted by molar-refractivity contribution is 5.84. The Labute approximate surface area is 114 Å². The van der Waals surface area contributed by atoms with Crippen LogP contribution in [0.5, 0.6) is 5.75 Å². The summed E-state index contributed by atoms with van der Waals surface area (Å²) in [7, 11) is 1.65. The van der Waals surface area contributed by atoms with Crippen LogP contribution in [-0.4, -0.2) is 19.6 Å². The molecular weight excluding hydrogens is 240 g/mol. The molecule has 0 fully saturated rings. The smallest absolute Gasteiger partial charge is 0.239 e. The summed E-state index contributed by atoms with van der Waals surface area (Å²) < 4.78 is 5.20. The standard InChI is InChI=1S/C15H20N2O2/c1-11-9-12(5-6-13(11)19-4)7-8-17-14(18)15(2,3)10-16/h5-6,9H,7-8H2,1-4H3,(H,17,18). The fraction of sp³-hybridized carbons (Fsp3) is 0.467. The number of benzene rings is 1. The minimum absolute atomic E-state index is 0.236. The topological polar surface area (TPSA) is 62.1 Å². The van der Waals surface area contributed by atoms with Crippen LogP contribution in [-0.2, 0) is 11.2 Å². The maximum absolute atomic E-state index is 11.7. The summed E-state index contributed by atoms with van der Waals surface area (Å²) in [6.45, 7) is 5.73. The second kappa shape index (κ2) is 6.24. The zero-order valence-electron chi connectivity index (χ0n) is 11.9. The van der Waals surface area contributed by atoms with Crippen molar-refractivity contribution < 1.29 is 9.53 Å². The molecule has 1 amide bonds. The van der Waals surface area contributed by atoms with Crippen LogP contribution in [0.4, 0.5) is 0 Å². The predicted molar refractivity (Wildman–Crippen MR) is 73.8 cm³/mol. The maximum atomic E-state index is 11.7. The van der Waals surface area contributed by atoms with Crippen LogP contribution in [0.1, 0.15) is 25.0 Å². The van der Waals surface area contributed by atoms with Crippen LogP contribution >= 0.6 is 0 Å². The van der Waals surface area contributed by atoms with Crippen molar-refractivity contribution in [2.24, 2.45) is 5.41 Å². The van der Waals surface area contributed by atoms with Crippen molar-refractivity contribution in [3.63, 3.8) is 0 Å². The number of nitriles is 1. The average molecular weight is 260 g/mol. The van der Waals surface area contributed by atoms with Crippen molar-refractivity contribution in [3.05, 3.63) is 29.3 Å². The minimum Gasteiger partial charge on any atom is -0.496 e. The van der Waals surface area contributed by atoms with Crippen molar-refractivity contribution in [1.29, 1.82) is 5.26 Å². The Kier molecular flexibility index (Phi) is 4.94. The molecule has 0 aromatic heterocycles. The van der Waals surface area contributed by atoms with E-state index in [9.17, 15) is 4.79 Å². The number of hydrogen-bond acceptors (Lipinski definition) is 3. The number of methoxy groups -OCH3 is 1. The minimum atomic E-state index is -0.976. The average Bonchev–Trinajstić information content (AvgIpc) is 2.38. The molecule has 1 N–H and O–H groups in total. The van der Waals surface area contributed by atoms with Gasteiger partial charge in [0.1, 0.15) is 11.2 Å². The van der Waals surface area contributed by atoms with Crippen LogP contribution in [0.3, 0.4) is 0 Å². The number of amides is 1. The third-order valence-electron chi connectivity index (χ3n) is 3.01. The lowest BCUT2D eigenvalue weighted by Gasteiger charge is -2.15. The number of carbonyl (C=O) groups is 1. The number of nitrogens with one attached hydrogen (secondary N) is 1. The van der Waals surface area contributed by atoms with Gasteiger partial charge in [-0.1, -0.05) is 12.1 Å². The molecule has 19 heavy (non-hydrogen) atoms. The lowest BCUT2D eigenvalue weighted by atomic mass is 9.95. The van der Waals surface area contributed by atoms with Crippen molar-refractivity contribution in [2.45, 2.75) is 27.2 Å². The molecule has 1 rings (SSSR count). The van der Waals surface area contributed by atoms with E-state index in [0.717, 1.165) is 23.3 Å². The third-order valence-corrected chi connectivity index (χ3v) is 3.01. The first-order chi connectivity index (χ1) is 8.90. The van der Waals surface area contributed by atoms with Gasteiger partial charge in [0.2, 0.25) is 5.91 Å². The molecule has 4 heteroatoms. The molecule has 0 atom stereocenters. The summed E-state index contributed by atoms with van der Waals surface area (Å²) in [5.74, 6) is 0.624. The Hall–Kier alpha value is -2.02. The van der Waals surface area contributed by atoms with Gasteiger partial charge in [0.15, 0.2) is 0 Å². The van der Waals surface area contributed by atoms with Gasteiger partial charge in [0.25, 0.3) is 0 Å². The molecule has 1 aromatic carbocycles. The van der Waals surface area contributed by atoms with Gasteiger partial charge >= 0.3 is 0 Å². The molecule has 0 radical (unpaired) electrons. The number of hydrogen-bond donors (Lipinski definition) is 1. The molecule has 0 spiro atoms. The van der Waals surface area contributed by atoms with Crippen molar-refractivity contribution in [2.75, 3.05) is 13.7 Å². The zero-order chi connectivity index (χ0) is 14.5. The summed E-state index contributed by atoms with van der Waals surface area (Å²) in [5.41, 5.74) is 1.23. The van der Waals surface area contributed by atoms with Crippen LogP contribution < -0.4 is 10.1 Å². The molecule has 0 saturated heterocycles. The normalized spacial score (nSPS) is 10.7. The van der Waals surface area contributed by atoms with Crippen LogP contribution in [0, 0.1) is 23.7 Å². The number of nitrogens with zero attached hydrogens (tertiary/aromatic N) is 1. The number of carbonyl (C=O) groups excluding carboxylic acids is 1. The van der Waals surface area contributed by atoms with Crippen molar-refractivity contribution in [1.82, 2.24) is 5.32 Å². The second-order valence-electron chi connectivity index (χ2n) is 5.05. The first kappa shape index (κ1) is 15.0. The molecule has 0 unspecified atom stereocenters. The number of rotatable bonds is 5. The Bertz CT molecular complexity index is 501. The summed E-state index contributed by atoms with van der Waals surface area (Å²) in [5, 5.41) is 11.6. The van der Waals surface area contributed by atoms with Crippen LogP contribution in [0.25, 0.3) is 0 Å². The fourth-order valence-electron chi connectivity index (χ4n) is 1.69. The van der Waals surface area contributed by atoms with Gasteiger partial charge in [-0.2, -0.15) is 5.26 Å². The molecule has 0 bridgehead atoms. The molecular formula is C15H20N2O2. The zero-order valence-corrected chi connectivity index (χ0v) is 11.9. The largest absolute Gasteiger partial charge is 0.496 e. The van der Waals surface area contributed by atoms with Gasteiger partial charge in [-0.25, -0.2) is 0 Å². The van der Waals surface area contributed by atoms with Gasteiger partial charge in [-0.05, 0) is 44.4 Å². The molecule has 4 nitrogen and oxygen atoms in total. The van der Waals surface area contributed by atoms with E-state index in [1.54, 1.807) is 21.0 Å². The first-order valence-corrected chi connectivity index (χ1v) is 6.24. The van der Waals surface area contributed by atoms with E-state index in [-0.39, 0.29) is 5.91 Å². The molecule has 1 aromatic rings. The molecule has 102 valence electrons. The van der Waals surface area contributed by atoms with E-state index >= 15 is 0 Å².